The van der Waals surface area contributed by atoms with Gasteiger partial charge in [-0.3, -0.25) is 15.5 Å². The molecule has 30 heavy (non-hydrogen) atoms. The molecule has 0 aromatic carbocycles. The molecule has 0 aromatic heterocycles. The first kappa shape index (κ1) is 22.7. The molecule has 5 atom stereocenters. The summed E-state index contributed by atoms with van der Waals surface area (Å²) in [5, 5.41) is 0. The zero-order valence-electron chi connectivity index (χ0n) is 18.7. The fourth-order valence-corrected chi connectivity index (χ4v) is 5.63. The number of ether oxygens (including phenoxy) is 1. The van der Waals surface area contributed by atoms with Crippen LogP contribution in [-0.4, -0.2) is 55.6 Å². The van der Waals surface area contributed by atoms with Gasteiger partial charge in [-0.05, 0) is 30.9 Å². The van der Waals surface area contributed by atoms with Crippen molar-refractivity contribution in [3.8, 4) is 0 Å². The Bertz CT molecular complexity index is 779. The molecule has 1 amide bonds. The molecule has 4 N–H and O–H groups in total. The molecule has 5 unspecified atom stereocenters. The van der Waals surface area contributed by atoms with Crippen LogP contribution in [0.1, 0.15) is 52.9 Å². The van der Waals surface area contributed by atoms with E-state index in [1.54, 1.807) is 14.0 Å². The summed E-state index contributed by atoms with van der Waals surface area (Å²) >= 11 is 0. The quantitative estimate of drug-likeness (QED) is 0.567. The lowest BCUT2D eigenvalue weighted by Crippen LogP contribution is -3.14. The van der Waals surface area contributed by atoms with Gasteiger partial charge in [0.2, 0.25) is 5.54 Å². The molecule has 0 saturated carbocycles. The van der Waals surface area contributed by atoms with Gasteiger partial charge in [-0.2, -0.15) is 8.78 Å². The molecule has 0 radical (unpaired) electrons. The van der Waals surface area contributed by atoms with Gasteiger partial charge < -0.3 is 9.64 Å². The van der Waals surface area contributed by atoms with Crippen LogP contribution < -0.4 is 15.6 Å². The van der Waals surface area contributed by atoms with Gasteiger partial charge in [0.1, 0.15) is 5.76 Å². The first-order chi connectivity index (χ1) is 14.1. The number of nitrogens with zero attached hydrogens (tertiary/aromatic N) is 1. The maximum absolute atomic E-state index is 13.6. The number of nitrogens with two attached hydrogens (primary N) is 1. The van der Waals surface area contributed by atoms with Crippen molar-refractivity contribution in [2.24, 2.45) is 17.6 Å². The number of likely N-dealkylation sites (N-methyl/N-ethyl adjacent to an activating group) is 1. The average Bonchev–Trinajstić information content (AvgIpc) is 2.91. The van der Waals surface area contributed by atoms with Crippen LogP contribution in [0.25, 0.3) is 0 Å². The third kappa shape index (κ3) is 3.86. The van der Waals surface area contributed by atoms with Crippen LogP contribution in [0.3, 0.4) is 0 Å². The zero-order chi connectivity index (χ0) is 22.2. The first-order valence-electron chi connectivity index (χ1n) is 11.0. The van der Waals surface area contributed by atoms with E-state index >= 15 is 0 Å². The third-order valence-corrected chi connectivity index (χ3v) is 7.21. The molecule has 6 nitrogen and oxygen atoms in total. The lowest BCUT2D eigenvalue weighted by Gasteiger charge is -2.42. The lowest BCUT2D eigenvalue weighted by molar-refractivity contribution is -0.914. The molecule has 1 fully saturated rings. The minimum absolute atomic E-state index is 0.0516. The molecule has 0 aromatic rings. The highest BCUT2D eigenvalue weighted by Gasteiger charge is 2.60. The lowest BCUT2D eigenvalue weighted by atomic mass is 9.67. The number of quaternary nitrogens is 1. The van der Waals surface area contributed by atoms with Gasteiger partial charge in [0.25, 0.3) is 0 Å². The Morgan fingerprint density at radius 2 is 2.17 bits per heavy atom. The molecule has 3 rings (SSSR count). The molecule has 2 aliphatic heterocycles. The van der Waals surface area contributed by atoms with Crippen molar-refractivity contribution in [3.05, 3.63) is 23.0 Å². The number of hydrogen-bond acceptors (Lipinski definition) is 3. The van der Waals surface area contributed by atoms with E-state index in [0.717, 1.165) is 37.8 Å². The van der Waals surface area contributed by atoms with E-state index in [1.165, 1.54) is 9.80 Å². The number of carbonyl (C=O) groups is 1. The topological polar surface area (TPSA) is 74.0 Å². The highest BCUT2D eigenvalue weighted by molar-refractivity contribution is 6.03. The van der Waals surface area contributed by atoms with Crippen LogP contribution in [0.4, 0.5) is 8.78 Å². The Morgan fingerprint density at radius 1 is 1.47 bits per heavy atom. The number of amides is 1. The van der Waals surface area contributed by atoms with Crippen molar-refractivity contribution in [2.45, 2.75) is 71.1 Å². The maximum atomic E-state index is 13.6. The maximum Gasteiger partial charge on any atom is 0.387 e. The molecule has 2 heterocycles. The highest BCUT2D eigenvalue weighted by atomic mass is 19.3. The van der Waals surface area contributed by atoms with E-state index < -0.39 is 12.2 Å². The van der Waals surface area contributed by atoms with Gasteiger partial charge in [-0.25, -0.2) is 4.90 Å². The SMILES string of the molecule is CCCC1CC(C2(C3=CC(C)=C(OC(F)F)C(C)C3)[NH+]=C(N)N(C)C2=O)CC[NH+]1C. The normalized spacial score (nSPS) is 35.1. The third-order valence-electron chi connectivity index (χ3n) is 7.21. The monoisotopic (exact) mass is 426 g/mol. The van der Waals surface area contributed by atoms with Crippen molar-refractivity contribution in [1.82, 2.24) is 4.90 Å². The predicted octanol–water partition coefficient (Wildman–Crippen LogP) is 0.165. The summed E-state index contributed by atoms with van der Waals surface area (Å²) in [6.07, 6.45) is 6.40. The van der Waals surface area contributed by atoms with Crippen LogP contribution in [0.15, 0.2) is 23.0 Å². The number of carbonyl (C=O) groups excluding carboxylic acids is 1. The number of rotatable bonds is 6. The smallest absolute Gasteiger partial charge is 0.387 e. The largest absolute Gasteiger partial charge is 0.439 e. The van der Waals surface area contributed by atoms with Crippen molar-refractivity contribution < 1.29 is 28.2 Å². The van der Waals surface area contributed by atoms with Crippen LogP contribution in [-0.2, 0) is 9.53 Å². The number of piperidine rings is 1. The van der Waals surface area contributed by atoms with Crippen LogP contribution in [0.5, 0.6) is 0 Å². The molecule has 3 aliphatic rings. The van der Waals surface area contributed by atoms with E-state index in [0.29, 0.717) is 29.8 Å². The van der Waals surface area contributed by atoms with Gasteiger partial charge in [-0.15, -0.1) is 0 Å². The number of alkyl halides is 2. The minimum Gasteiger partial charge on any atom is -0.439 e. The van der Waals surface area contributed by atoms with Crippen LogP contribution >= 0.6 is 0 Å². The molecule has 1 saturated heterocycles. The Morgan fingerprint density at radius 3 is 2.70 bits per heavy atom. The second kappa shape index (κ2) is 8.65. The summed E-state index contributed by atoms with van der Waals surface area (Å²) in [5.74, 6) is 0.460. The second-order valence-electron chi connectivity index (χ2n) is 9.19. The fraction of sp³-hybridized carbons (Fsp3) is 0.727. The van der Waals surface area contributed by atoms with E-state index in [9.17, 15) is 13.6 Å². The van der Waals surface area contributed by atoms with Gasteiger partial charge in [-0.1, -0.05) is 26.3 Å². The molecule has 168 valence electrons. The van der Waals surface area contributed by atoms with E-state index in [4.69, 9.17) is 10.5 Å². The Labute approximate surface area is 177 Å². The molecular weight excluding hydrogens is 390 g/mol. The molecule has 1 aliphatic carbocycles. The second-order valence-corrected chi connectivity index (χ2v) is 9.19. The fourth-order valence-electron chi connectivity index (χ4n) is 5.63. The number of halogens is 2. The predicted molar refractivity (Wildman–Crippen MR) is 110 cm³/mol. The van der Waals surface area contributed by atoms with E-state index in [1.807, 2.05) is 13.0 Å². The number of likely N-dealkylation sites (tertiary alicyclic amines) is 1. The van der Waals surface area contributed by atoms with E-state index in [2.05, 4.69) is 19.0 Å². The number of hydrogen-bond donors (Lipinski definition) is 3. The van der Waals surface area contributed by atoms with Crippen molar-refractivity contribution >= 4 is 11.9 Å². The number of nitrogens with one attached hydrogen (secondary N) is 2. The average molecular weight is 427 g/mol. The Hall–Kier alpha value is -1.96. The van der Waals surface area contributed by atoms with Gasteiger partial charge in [0, 0.05) is 24.7 Å². The molecule has 8 heteroatoms. The summed E-state index contributed by atoms with van der Waals surface area (Å²) < 4.78 is 30.5. The summed E-state index contributed by atoms with van der Waals surface area (Å²) in [4.78, 5) is 20.0. The summed E-state index contributed by atoms with van der Waals surface area (Å²) in [6.45, 7) is 3.98. The Kier molecular flexibility index (Phi) is 6.55. The van der Waals surface area contributed by atoms with Crippen LogP contribution in [0, 0.1) is 11.8 Å². The Balaban J connectivity index is 2.05. The highest BCUT2D eigenvalue weighted by Crippen LogP contribution is 2.41. The first-order valence-corrected chi connectivity index (χ1v) is 11.0. The zero-order valence-corrected chi connectivity index (χ0v) is 18.7. The van der Waals surface area contributed by atoms with Gasteiger partial charge in [0.05, 0.1) is 26.7 Å². The van der Waals surface area contributed by atoms with Crippen LogP contribution in [0.2, 0.25) is 0 Å². The summed E-state index contributed by atoms with van der Waals surface area (Å²) in [7, 11) is 3.92. The molecule has 0 spiro atoms. The van der Waals surface area contributed by atoms with Crippen molar-refractivity contribution in [2.75, 3.05) is 20.6 Å². The van der Waals surface area contributed by atoms with Gasteiger partial charge in [0.15, 0.2) is 0 Å². The minimum atomic E-state index is -2.85. The van der Waals surface area contributed by atoms with Crippen molar-refractivity contribution in [3.63, 3.8) is 0 Å². The number of guanidine groups is 1. The summed E-state index contributed by atoms with van der Waals surface area (Å²) in [6, 6.07) is 0.489. The van der Waals surface area contributed by atoms with Crippen molar-refractivity contribution in [1.29, 1.82) is 0 Å². The van der Waals surface area contributed by atoms with Gasteiger partial charge >= 0.3 is 18.5 Å². The van der Waals surface area contributed by atoms with E-state index in [-0.39, 0.29) is 17.7 Å². The molecule has 0 bridgehead atoms. The number of allylic oxidation sites excluding steroid dienone is 3. The standard InChI is InChI=1S/C22H34F2N4O2/c1-6-7-17-12-15(8-9-27(17)4)22(19(29)28(5)21(25)26-22)16-10-13(2)18(14(3)11-16)30-20(23)24/h10,14-15,17,20H,6-9,11-12H2,1-5H3,(H2,25,26)/p+2. The summed E-state index contributed by atoms with van der Waals surface area (Å²) in [5.41, 5.74) is 6.83. The molecular formula is C22H36F2N4O2+2.